The Labute approximate surface area is 246 Å². The quantitative estimate of drug-likeness (QED) is 0.0265. The van der Waals surface area contributed by atoms with Crippen molar-refractivity contribution in [2.75, 3.05) is 22.1 Å². The van der Waals surface area contributed by atoms with Crippen molar-refractivity contribution in [2.45, 2.75) is 142 Å². The molecule has 35 heavy (non-hydrogen) atoms. The van der Waals surface area contributed by atoms with Crippen LogP contribution in [-0.2, 0) is 14.2 Å². The van der Waals surface area contributed by atoms with Crippen LogP contribution in [0.2, 0.25) is 0 Å². The lowest BCUT2D eigenvalue weighted by Crippen LogP contribution is -2.27. The number of unbranched alkanes of at least 4 members (excludes halogenated alkanes) is 12. The summed E-state index contributed by atoms with van der Waals surface area (Å²) >= 11 is 4.95. The van der Waals surface area contributed by atoms with Gasteiger partial charge in [-0.2, -0.15) is 0 Å². The molecule has 2 atom stereocenters. The molecule has 2 unspecified atom stereocenters. The van der Waals surface area contributed by atoms with Crippen LogP contribution in [0, 0.1) is 0 Å². The van der Waals surface area contributed by atoms with Crippen molar-refractivity contribution >= 4 is 45.2 Å². The smallest absolute Gasteiger partial charge is 0.161 e. The molecule has 0 aliphatic heterocycles. The van der Waals surface area contributed by atoms with Crippen LogP contribution in [0.5, 0.6) is 0 Å². The summed E-state index contributed by atoms with van der Waals surface area (Å²) in [6.45, 7) is 5.41. The van der Waals surface area contributed by atoms with Gasteiger partial charge in [0.25, 0.3) is 0 Å². The third-order valence-corrected chi connectivity index (χ3v) is 7.51. The maximum Gasteiger partial charge on any atom is 0.161 e. The Morgan fingerprint density at radius 2 is 0.829 bits per heavy atom. The van der Waals surface area contributed by atoms with E-state index in [1.54, 1.807) is 0 Å². The van der Waals surface area contributed by atoms with E-state index in [0.29, 0.717) is 13.2 Å². The third kappa shape index (κ3) is 27.7. The molecule has 0 N–H and O–H groups in total. The molecule has 0 rings (SSSR count). The SMILES string of the molecule is CCOC(CCC=CCCCCCCCCI)OC(CCC=CCCCCCCCCI)OCC. The number of halogens is 2. The Kier molecular flexibility index (Phi) is 31.8. The molecule has 0 fully saturated rings. The summed E-state index contributed by atoms with van der Waals surface area (Å²) in [6, 6.07) is 0. The molecule has 0 amide bonds. The van der Waals surface area contributed by atoms with E-state index in [0.717, 1.165) is 25.7 Å². The first kappa shape index (κ1) is 35.8. The van der Waals surface area contributed by atoms with Gasteiger partial charge in [-0.05, 0) is 74.1 Å². The number of hydrogen-bond donors (Lipinski definition) is 0. The zero-order valence-corrected chi connectivity index (χ0v) is 27.3. The second-order valence-electron chi connectivity index (χ2n) is 9.20. The molecule has 0 aromatic carbocycles. The first-order chi connectivity index (χ1) is 17.3. The fraction of sp³-hybridized carbons (Fsp3) is 0.867. The number of rotatable bonds is 28. The lowest BCUT2D eigenvalue weighted by atomic mass is 10.1. The van der Waals surface area contributed by atoms with E-state index in [-0.39, 0.29) is 12.6 Å². The van der Waals surface area contributed by atoms with E-state index in [9.17, 15) is 0 Å². The molecule has 0 saturated carbocycles. The molecule has 0 heterocycles. The predicted molar refractivity (Wildman–Crippen MR) is 171 cm³/mol. The highest BCUT2D eigenvalue weighted by atomic mass is 127. The fourth-order valence-corrected chi connectivity index (χ4v) is 5.06. The maximum absolute atomic E-state index is 6.20. The van der Waals surface area contributed by atoms with E-state index in [4.69, 9.17) is 14.2 Å². The van der Waals surface area contributed by atoms with Crippen LogP contribution < -0.4 is 0 Å². The first-order valence-corrected chi connectivity index (χ1v) is 17.6. The zero-order valence-electron chi connectivity index (χ0n) is 23.0. The monoisotopic (exact) mass is 718 g/mol. The molecule has 208 valence electrons. The van der Waals surface area contributed by atoms with Gasteiger partial charge in [0.2, 0.25) is 0 Å². The molecular weight excluding hydrogens is 662 g/mol. The minimum atomic E-state index is -0.185. The average molecular weight is 719 g/mol. The van der Waals surface area contributed by atoms with Gasteiger partial charge in [0.15, 0.2) is 12.6 Å². The minimum absolute atomic E-state index is 0.185. The van der Waals surface area contributed by atoms with E-state index < -0.39 is 0 Å². The summed E-state index contributed by atoms with van der Waals surface area (Å²) in [6.07, 6.45) is 31.5. The standard InChI is InChI=1S/C30H56I2O3/c1-3-33-29(25-21-17-13-9-5-7-11-15-19-23-27-31)35-30(34-4-2)26-22-18-14-10-6-8-12-16-20-24-28-32/h13-14,17-18,29-30H,3-12,15-16,19-28H2,1-2H3. The van der Waals surface area contributed by atoms with Crippen molar-refractivity contribution in [3.05, 3.63) is 24.3 Å². The van der Waals surface area contributed by atoms with Gasteiger partial charge in [-0.3, -0.25) is 0 Å². The highest BCUT2D eigenvalue weighted by Crippen LogP contribution is 2.15. The Hall–Kier alpha value is 0.820. The van der Waals surface area contributed by atoms with Gasteiger partial charge < -0.3 is 14.2 Å². The topological polar surface area (TPSA) is 27.7 Å². The van der Waals surface area contributed by atoms with Crippen molar-refractivity contribution in [3.63, 3.8) is 0 Å². The normalized spacial score (nSPS) is 13.8. The molecule has 3 nitrogen and oxygen atoms in total. The molecule has 5 heteroatoms. The van der Waals surface area contributed by atoms with Gasteiger partial charge in [-0.1, -0.05) is 121 Å². The van der Waals surface area contributed by atoms with Crippen LogP contribution >= 0.6 is 45.2 Å². The van der Waals surface area contributed by atoms with Crippen LogP contribution in [0.3, 0.4) is 0 Å². The highest BCUT2D eigenvalue weighted by Gasteiger charge is 2.16. The summed E-state index contributed by atoms with van der Waals surface area (Å²) in [5, 5.41) is 0. The molecule has 0 spiro atoms. The predicted octanol–water partition coefficient (Wildman–Crippen LogP) is 10.7. The van der Waals surface area contributed by atoms with Gasteiger partial charge in [-0.15, -0.1) is 0 Å². The van der Waals surface area contributed by atoms with Gasteiger partial charge >= 0.3 is 0 Å². The Balaban J connectivity index is 3.99. The maximum atomic E-state index is 6.20. The molecule has 0 aliphatic carbocycles. The van der Waals surface area contributed by atoms with Gasteiger partial charge in [0.05, 0.1) is 0 Å². The van der Waals surface area contributed by atoms with Crippen molar-refractivity contribution < 1.29 is 14.2 Å². The summed E-state index contributed by atoms with van der Waals surface area (Å²) in [5.74, 6) is 0. The number of allylic oxidation sites excluding steroid dienone is 4. The van der Waals surface area contributed by atoms with Crippen molar-refractivity contribution in [3.8, 4) is 0 Å². The van der Waals surface area contributed by atoms with Gasteiger partial charge in [-0.25, -0.2) is 0 Å². The number of ether oxygens (including phenoxy) is 3. The van der Waals surface area contributed by atoms with E-state index in [1.807, 2.05) is 13.8 Å². The van der Waals surface area contributed by atoms with Crippen molar-refractivity contribution in [2.24, 2.45) is 0 Å². The first-order valence-electron chi connectivity index (χ1n) is 14.6. The molecule has 0 aromatic heterocycles. The molecule has 0 saturated heterocycles. The average Bonchev–Trinajstić information content (AvgIpc) is 2.86. The third-order valence-electron chi connectivity index (χ3n) is 5.99. The Bertz CT molecular complexity index is 417. The summed E-state index contributed by atoms with van der Waals surface area (Å²) in [5.41, 5.74) is 0. The van der Waals surface area contributed by atoms with Crippen LogP contribution in [0.25, 0.3) is 0 Å². The van der Waals surface area contributed by atoms with E-state index in [2.05, 4.69) is 69.5 Å². The number of alkyl halides is 2. The Morgan fingerprint density at radius 3 is 1.20 bits per heavy atom. The zero-order chi connectivity index (χ0) is 25.7. The van der Waals surface area contributed by atoms with Gasteiger partial charge in [0, 0.05) is 26.1 Å². The molecule has 0 aromatic rings. The Morgan fingerprint density at radius 1 is 0.486 bits per heavy atom. The van der Waals surface area contributed by atoms with Crippen LogP contribution in [0.4, 0.5) is 0 Å². The number of hydrogen-bond acceptors (Lipinski definition) is 3. The lowest BCUT2D eigenvalue weighted by Gasteiger charge is -2.24. The largest absolute Gasteiger partial charge is 0.353 e. The highest BCUT2D eigenvalue weighted by molar-refractivity contribution is 14.1. The second-order valence-corrected chi connectivity index (χ2v) is 11.4. The second kappa shape index (κ2) is 31.0. The lowest BCUT2D eigenvalue weighted by molar-refractivity contribution is -0.246. The van der Waals surface area contributed by atoms with Crippen LogP contribution in [0.1, 0.15) is 129 Å². The van der Waals surface area contributed by atoms with Crippen LogP contribution in [-0.4, -0.2) is 34.6 Å². The summed E-state index contributed by atoms with van der Waals surface area (Å²) < 4.78 is 20.5. The molecule has 0 bridgehead atoms. The van der Waals surface area contributed by atoms with E-state index >= 15 is 0 Å². The molecular formula is C30H56I2O3. The summed E-state index contributed by atoms with van der Waals surface area (Å²) in [7, 11) is 0. The van der Waals surface area contributed by atoms with Crippen molar-refractivity contribution in [1.82, 2.24) is 0 Å². The van der Waals surface area contributed by atoms with Crippen molar-refractivity contribution in [1.29, 1.82) is 0 Å². The molecule has 0 radical (unpaired) electrons. The van der Waals surface area contributed by atoms with E-state index in [1.165, 1.54) is 98.7 Å². The minimum Gasteiger partial charge on any atom is -0.353 e. The van der Waals surface area contributed by atoms with Crippen LogP contribution in [0.15, 0.2) is 24.3 Å². The fourth-order valence-electron chi connectivity index (χ4n) is 3.99. The summed E-state index contributed by atoms with van der Waals surface area (Å²) in [4.78, 5) is 0. The van der Waals surface area contributed by atoms with Gasteiger partial charge in [0.1, 0.15) is 0 Å². The molecule has 0 aliphatic rings.